The van der Waals surface area contributed by atoms with Crippen molar-refractivity contribution in [3.8, 4) is 0 Å². The number of nitrogens with one attached hydrogen (secondary N) is 1. The van der Waals surface area contributed by atoms with E-state index in [1.807, 2.05) is 7.05 Å². The van der Waals surface area contributed by atoms with E-state index in [1.54, 1.807) is 0 Å². The Labute approximate surface area is 112 Å². The Balaban J connectivity index is 2.20. The Bertz CT molecular complexity index is 208. The molecule has 0 aromatic heterocycles. The Morgan fingerprint density at radius 1 is 1.33 bits per heavy atom. The predicted octanol–water partition coefficient (Wildman–Crippen LogP) is 2.72. The van der Waals surface area contributed by atoms with Gasteiger partial charge in [0.2, 0.25) is 0 Å². The fraction of sp³-hybridized carbons (Fsp3) is 1.00. The molecule has 1 fully saturated rings. The van der Waals surface area contributed by atoms with Gasteiger partial charge in [0, 0.05) is 12.1 Å². The lowest BCUT2D eigenvalue weighted by atomic mass is 9.88. The second-order valence-electron chi connectivity index (χ2n) is 5.82. The Morgan fingerprint density at radius 2 is 2.06 bits per heavy atom. The largest absolute Gasteiger partial charge is 0.394 e. The van der Waals surface area contributed by atoms with Crippen LogP contribution >= 0.6 is 0 Å². The molecule has 0 amide bonds. The van der Waals surface area contributed by atoms with Crippen LogP contribution in [-0.4, -0.2) is 37.0 Å². The summed E-state index contributed by atoms with van der Waals surface area (Å²) in [6.45, 7) is 5.47. The third-order valence-corrected chi connectivity index (χ3v) is 4.67. The van der Waals surface area contributed by atoms with Crippen LogP contribution < -0.4 is 5.32 Å². The minimum absolute atomic E-state index is 0.110. The highest BCUT2D eigenvalue weighted by Gasteiger charge is 2.25. The molecule has 0 saturated heterocycles. The van der Waals surface area contributed by atoms with Crippen molar-refractivity contribution < 1.29 is 9.84 Å². The van der Waals surface area contributed by atoms with Gasteiger partial charge in [-0.05, 0) is 45.1 Å². The topological polar surface area (TPSA) is 41.5 Å². The Hall–Kier alpha value is -0.120. The highest BCUT2D eigenvalue weighted by Crippen LogP contribution is 2.26. The van der Waals surface area contributed by atoms with Crippen LogP contribution in [0.1, 0.15) is 58.8 Å². The molecular formula is C15H31NO2. The van der Waals surface area contributed by atoms with Gasteiger partial charge in [-0.25, -0.2) is 0 Å². The number of aliphatic hydroxyl groups excluding tert-OH is 1. The van der Waals surface area contributed by atoms with Crippen LogP contribution in [0.5, 0.6) is 0 Å². The molecule has 3 heteroatoms. The zero-order chi connectivity index (χ0) is 13.4. The summed E-state index contributed by atoms with van der Waals surface area (Å²) >= 11 is 0. The molecule has 0 aliphatic heterocycles. The van der Waals surface area contributed by atoms with Crippen molar-refractivity contribution in [2.24, 2.45) is 5.92 Å². The van der Waals surface area contributed by atoms with Crippen molar-refractivity contribution in [3.05, 3.63) is 0 Å². The molecule has 1 aliphatic carbocycles. The number of ether oxygens (including phenoxy) is 1. The number of likely N-dealkylation sites (N-methyl/N-ethyl adjacent to an activating group) is 1. The molecule has 3 atom stereocenters. The monoisotopic (exact) mass is 257 g/mol. The van der Waals surface area contributed by atoms with Crippen molar-refractivity contribution in [1.82, 2.24) is 5.32 Å². The maximum absolute atomic E-state index is 9.46. The van der Waals surface area contributed by atoms with Gasteiger partial charge in [-0.1, -0.05) is 26.7 Å². The van der Waals surface area contributed by atoms with Crippen LogP contribution in [-0.2, 0) is 4.74 Å². The van der Waals surface area contributed by atoms with E-state index >= 15 is 0 Å². The Morgan fingerprint density at radius 3 is 2.61 bits per heavy atom. The highest BCUT2D eigenvalue weighted by atomic mass is 16.5. The maximum Gasteiger partial charge on any atom is 0.0613 e. The van der Waals surface area contributed by atoms with E-state index in [9.17, 15) is 5.11 Å². The molecule has 0 aromatic carbocycles. The van der Waals surface area contributed by atoms with Crippen molar-refractivity contribution in [2.45, 2.75) is 70.4 Å². The molecule has 0 bridgehead atoms. The van der Waals surface area contributed by atoms with E-state index in [-0.39, 0.29) is 12.1 Å². The van der Waals surface area contributed by atoms with Crippen LogP contribution in [0.4, 0.5) is 0 Å². The molecule has 0 radical (unpaired) electrons. The molecule has 108 valence electrons. The number of hydrogen-bond acceptors (Lipinski definition) is 3. The summed E-state index contributed by atoms with van der Waals surface area (Å²) < 4.78 is 6.01. The van der Waals surface area contributed by atoms with Gasteiger partial charge in [0.25, 0.3) is 0 Å². The first-order valence-corrected chi connectivity index (χ1v) is 7.59. The van der Waals surface area contributed by atoms with Gasteiger partial charge in [-0.15, -0.1) is 0 Å². The van der Waals surface area contributed by atoms with Crippen molar-refractivity contribution in [1.29, 1.82) is 0 Å². The number of rotatable bonds is 8. The molecule has 0 aromatic rings. The SMILES string of the molecule is CCC(CO)(CCCOC1CCCCC1C)NC. The van der Waals surface area contributed by atoms with Gasteiger partial charge in [-0.2, -0.15) is 0 Å². The summed E-state index contributed by atoms with van der Waals surface area (Å²) in [5, 5.41) is 12.7. The first kappa shape index (κ1) is 15.9. The Kier molecular flexibility index (Phi) is 7.20. The van der Waals surface area contributed by atoms with E-state index in [1.165, 1.54) is 25.7 Å². The molecule has 0 spiro atoms. The summed E-state index contributed by atoms with van der Waals surface area (Å²) in [7, 11) is 1.93. The van der Waals surface area contributed by atoms with Crippen molar-refractivity contribution in [2.75, 3.05) is 20.3 Å². The van der Waals surface area contributed by atoms with Gasteiger partial charge in [0.05, 0.1) is 12.7 Å². The average molecular weight is 257 g/mol. The van der Waals surface area contributed by atoms with Gasteiger partial charge < -0.3 is 15.2 Å². The lowest BCUT2D eigenvalue weighted by molar-refractivity contribution is -0.00977. The average Bonchev–Trinajstić information content (AvgIpc) is 2.42. The summed E-state index contributed by atoms with van der Waals surface area (Å²) in [5.74, 6) is 0.719. The minimum Gasteiger partial charge on any atom is -0.394 e. The van der Waals surface area contributed by atoms with Crippen LogP contribution in [0.3, 0.4) is 0 Å². The second kappa shape index (κ2) is 8.13. The molecule has 18 heavy (non-hydrogen) atoms. The van der Waals surface area contributed by atoms with Gasteiger partial charge in [-0.3, -0.25) is 0 Å². The second-order valence-corrected chi connectivity index (χ2v) is 5.82. The van der Waals surface area contributed by atoms with Crippen LogP contribution in [0, 0.1) is 5.92 Å². The maximum atomic E-state index is 9.46. The molecule has 3 nitrogen and oxygen atoms in total. The first-order valence-electron chi connectivity index (χ1n) is 7.59. The fourth-order valence-corrected chi connectivity index (χ4v) is 2.92. The summed E-state index contributed by atoms with van der Waals surface area (Å²) in [4.78, 5) is 0. The molecule has 1 aliphatic rings. The van der Waals surface area contributed by atoms with E-state index in [0.29, 0.717) is 6.10 Å². The number of hydrogen-bond donors (Lipinski definition) is 2. The minimum atomic E-state index is -0.110. The van der Waals surface area contributed by atoms with Gasteiger partial charge >= 0.3 is 0 Å². The summed E-state index contributed by atoms with van der Waals surface area (Å²) in [6, 6.07) is 0. The quantitative estimate of drug-likeness (QED) is 0.657. The van der Waals surface area contributed by atoms with Gasteiger partial charge in [0.15, 0.2) is 0 Å². The smallest absolute Gasteiger partial charge is 0.0613 e. The van der Waals surface area contributed by atoms with Crippen LogP contribution in [0.25, 0.3) is 0 Å². The fourth-order valence-electron chi connectivity index (χ4n) is 2.92. The molecule has 2 N–H and O–H groups in total. The zero-order valence-electron chi connectivity index (χ0n) is 12.4. The van der Waals surface area contributed by atoms with Gasteiger partial charge in [0.1, 0.15) is 0 Å². The van der Waals surface area contributed by atoms with Crippen molar-refractivity contribution >= 4 is 0 Å². The molecule has 1 saturated carbocycles. The lowest BCUT2D eigenvalue weighted by Gasteiger charge is -2.32. The highest BCUT2D eigenvalue weighted by molar-refractivity contribution is 4.84. The van der Waals surface area contributed by atoms with E-state index < -0.39 is 0 Å². The van der Waals surface area contributed by atoms with Crippen molar-refractivity contribution in [3.63, 3.8) is 0 Å². The van der Waals surface area contributed by atoms with Crippen LogP contribution in [0.2, 0.25) is 0 Å². The predicted molar refractivity (Wildman–Crippen MR) is 75.8 cm³/mol. The lowest BCUT2D eigenvalue weighted by Crippen LogP contribution is -2.46. The third-order valence-electron chi connectivity index (χ3n) is 4.67. The summed E-state index contributed by atoms with van der Waals surface area (Å²) in [6.07, 6.45) is 8.67. The van der Waals surface area contributed by atoms with E-state index in [0.717, 1.165) is 31.8 Å². The molecular weight excluding hydrogens is 226 g/mol. The normalized spacial score (nSPS) is 28.0. The van der Waals surface area contributed by atoms with E-state index in [2.05, 4.69) is 19.2 Å². The molecule has 0 heterocycles. The summed E-state index contributed by atoms with van der Waals surface area (Å²) in [5.41, 5.74) is -0.110. The molecule has 3 unspecified atom stereocenters. The standard InChI is InChI=1S/C15H31NO2/c1-4-15(12-17,16-3)10-7-11-18-14-9-6-5-8-13(14)2/h13-14,16-17H,4-12H2,1-3H3. The zero-order valence-corrected chi connectivity index (χ0v) is 12.4. The van der Waals surface area contributed by atoms with Crippen LogP contribution in [0.15, 0.2) is 0 Å². The molecule has 1 rings (SSSR count). The number of aliphatic hydroxyl groups is 1. The first-order chi connectivity index (χ1) is 8.67. The third kappa shape index (κ3) is 4.52. The van der Waals surface area contributed by atoms with E-state index in [4.69, 9.17) is 4.74 Å².